The first-order valence-corrected chi connectivity index (χ1v) is 4.94. The van der Waals surface area contributed by atoms with E-state index in [0.29, 0.717) is 29.3 Å². The van der Waals surface area contributed by atoms with Crippen molar-refractivity contribution in [3.63, 3.8) is 0 Å². The standard InChI is InChI=1S/C7H7N3.C4H6N2O/c1-4-7-9-5(2)8-6(3)10-7;1-3-5-6-4(2)7-3/h1H,2-3H3;1-2H3. The monoisotopic (exact) mass is 231 g/mol. The van der Waals surface area contributed by atoms with Gasteiger partial charge in [-0.1, -0.05) is 0 Å². The van der Waals surface area contributed by atoms with Crippen molar-refractivity contribution >= 4 is 0 Å². The molecule has 0 aliphatic heterocycles. The molecule has 0 fully saturated rings. The van der Waals surface area contributed by atoms with Gasteiger partial charge in [-0.2, -0.15) is 0 Å². The van der Waals surface area contributed by atoms with Crippen LogP contribution in [0.2, 0.25) is 0 Å². The average Bonchev–Trinajstić information content (AvgIpc) is 2.62. The van der Waals surface area contributed by atoms with Crippen molar-refractivity contribution in [1.29, 1.82) is 0 Å². The third-order valence-electron chi connectivity index (χ3n) is 1.62. The van der Waals surface area contributed by atoms with Crippen LogP contribution in [0.4, 0.5) is 0 Å². The smallest absolute Gasteiger partial charge is 0.213 e. The van der Waals surface area contributed by atoms with Crippen LogP contribution in [0.3, 0.4) is 0 Å². The molecule has 0 bridgehead atoms. The molecule has 2 aromatic rings. The zero-order valence-electron chi connectivity index (χ0n) is 10.2. The summed E-state index contributed by atoms with van der Waals surface area (Å²) in [4.78, 5) is 11.8. The molecule has 0 aliphatic rings. The van der Waals surface area contributed by atoms with Crippen molar-refractivity contribution in [2.45, 2.75) is 27.7 Å². The number of terminal acetylenes is 1. The summed E-state index contributed by atoms with van der Waals surface area (Å²) in [7, 11) is 0. The van der Waals surface area contributed by atoms with E-state index in [0.717, 1.165) is 0 Å². The van der Waals surface area contributed by atoms with Gasteiger partial charge in [-0.25, -0.2) is 15.0 Å². The van der Waals surface area contributed by atoms with E-state index in [2.05, 4.69) is 31.1 Å². The molecule has 0 unspecified atom stereocenters. The van der Waals surface area contributed by atoms with Gasteiger partial charge in [0.25, 0.3) is 0 Å². The number of nitrogens with zero attached hydrogens (tertiary/aromatic N) is 5. The number of rotatable bonds is 0. The molecule has 0 aliphatic carbocycles. The Labute approximate surface area is 99.5 Å². The van der Waals surface area contributed by atoms with Gasteiger partial charge in [0.15, 0.2) is 0 Å². The van der Waals surface area contributed by atoms with Crippen molar-refractivity contribution in [1.82, 2.24) is 25.1 Å². The van der Waals surface area contributed by atoms with Gasteiger partial charge in [-0.3, -0.25) is 0 Å². The van der Waals surface area contributed by atoms with Crippen molar-refractivity contribution in [2.24, 2.45) is 0 Å². The van der Waals surface area contributed by atoms with E-state index in [-0.39, 0.29) is 0 Å². The highest BCUT2D eigenvalue weighted by Crippen LogP contribution is 1.92. The van der Waals surface area contributed by atoms with Crippen LogP contribution in [-0.4, -0.2) is 25.1 Å². The summed E-state index contributed by atoms with van der Waals surface area (Å²) >= 11 is 0. The van der Waals surface area contributed by atoms with Gasteiger partial charge in [0.1, 0.15) is 11.6 Å². The summed E-state index contributed by atoms with van der Waals surface area (Å²) in [6, 6.07) is 0. The largest absolute Gasteiger partial charge is 0.426 e. The lowest BCUT2D eigenvalue weighted by atomic mass is 10.5. The first-order chi connectivity index (χ1) is 8.01. The van der Waals surface area contributed by atoms with Crippen LogP contribution in [0.5, 0.6) is 0 Å². The Balaban J connectivity index is 0.000000181. The van der Waals surface area contributed by atoms with Gasteiger partial charge >= 0.3 is 0 Å². The van der Waals surface area contributed by atoms with E-state index in [1.807, 2.05) is 0 Å². The third kappa shape index (κ3) is 4.38. The van der Waals surface area contributed by atoms with E-state index < -0.39 is 0 Å². The van der Waals surface area contributed by atoms with Crippen LogP contribution in [-0.2, 0) is 0 Å². The number of aromatic nitrogens is 5. The summed E-state index contributed by atoms with van der Waals surface area (Å²) < 4.78 is 4.86. The quantitative estimate of drug-likeness (QED) is 0.633. The van der Waals surface area contributed by atoms with Crippen LogP contribution in [0, 0.1) is 40.0 Å². The van der Waals surface area contributed by atoms with Crippen molar-refractivity contribution in [3.8, 4) is 12.3 Å². The molecule has 0 spiro atoms. The average molecular weight is 231 g/mol. The highest BCUT2D eigenvalue weighted by atomic mass is 16.4. The molecule has 2 rings (SSSR count). The van der Waals surface area contributed by atoms with Crippen LogP contribution in [0.25, 0.3) is 0 Å². The second-order valence-corrected chi connectivity index (χ2v) is 3.24. The molecule has 88 valence electrons. The van der Waals surface area contributed by atoms with Crippen LogP contribution in [0.15, 0.2) is 4.42 Å². The Morgan fingerprint density at radius 3 is 1.65 bits per heavy atom. The predicted octanol–water partition coefficient (Wildman–Crippen LogP) is 1.16. The SMILES string of the molecule is C#Cc1nc(C)nc(C)n1.Cc1nnc(C)o1. The van der Waals surface area contributed by atoms with Crippen molar-refractivity contribution in [2.75, 3.05) is 0 Å². The van der Waals surface area contributed by atoms with E-state index in [4.69, 9.17) is 10.8 Å². The molecule has 0 radical (unpaired) electrons. The minimum absolute atomic E-state index is 0.407. The zero-order valence-corrected chi connectivity index (χ0v) is 10.2. The van der Waals surface area contributed by atoms with Crippen LogP contribution in [0.1, 0.15) is 29.3 Å². The predicted molar refractivity (Wildman–Crippen MR) is 61.0 cm³/mol. The van der Waals surface area contributed by atoms with E-state index in [9.17, 15) is 0 Å². The fourth-order valence-electron chi connectivity index (χ4n) is 1.08. The van der Waals surface area contributed by atoms with Crippen molar-refractivity contribution < 1.29 is 4.42 Å². The third-order valence-corrected chi connectivity index (χ3v) is 1.62. The maximum absolute atomic E-state index is 5.08. The summed E-state index contributed by atoms with van der Waals surface area (Å²) in [5.74, 6) is 5.33. The Morgan fingerprint density at radius 1 is 0.882 bits per heavy atom. The normalized spacial score (nSPS) is 9.12. The van der Waals surface area contributed by atoms with Crippen molar-refractivity contribution in [3.05, 3.63) is 29.3 Å². The fourth-order valence-corrected chi connectivity index (χ4v) is 1.08. The second kappa shape index (κ2) is 5.70. The molecular weight excluding hydrogens is 218 g/mol. The van der Waals surface area contributed by atoms with E-state index in [1.54, 1.807) is 27.7 Å². The molecular formula is C11H13N5O. The molecule has 6 heteroatoms. The lowest BCUT2D eigenvalue weighted by Gasteiger charge is -1.93. The molecule has 0 aromatic carbocycles. The van der Waals surface area contributed by atoms with Gasteiger partial charge in [0, 0.05) is 13.8 Å². The van der Waals surface area contributed by atoms with Gasteiger partial charge in [-0.15, -0.1) is 16.6 Å². The molecule has 17 heavy (non-hydrogen) atoms. The molecule has 0 atom stereocenters. The lowest BCUT2D eigenvalue weighted by Crippen LogP contribution is -1.98. The number of hydrogen-bond donors (Lipinski definition) is 0. The highest BCUT2D eigenvalue weighted by molar-refractivity contribution is 5.15. The number of aryl methyl sites for hydroxylation is 4. The van der Waals surface area contributed by atoms with E-state index in [1.165, 1.54) is 0 Å². The van der Waals surface area contributed by atoms with Crippen LogP contribution < -0.4 is 0 Å². The highest BCUT2D eigenvalue weighted by Gasteiger charge is 1.94. The second-order valence-electron chi connectivity index (χ2n) is 3.24. The summed E-state index contributed by atoms with van der Waals surface area (Å²) in [5, 5.41) is 7.20. The summed E-state index contributed by atoms with van der Waals surface area (Å²) in [5.41, 5.74) is 0. The Kier molecular flexibility index (Phi) is 4.29. The fraction of sp³-hybridized carbons (Fsp3) is 0.364. The Bertz CT molecular complexity index is 504. The maximum Gasteiger partial charge on any atom is 0.213 e. The van der Waals surface area contributed by atoms with E-state index >= 15 is 0 Å². The summed E-state index contributed by atoms with van der Waals surface area (Å²) in [6.45, 7) is 7.10. The van der Waals surface area contributed by atoms with Gasteiger partial charge in [0.2, 0.25) is 17.6 Å². The molecule has 0 amide bonds. The summed E-state index contributed by atoms with van der Waals surface area (Å²) in [6.07, 6.45) is 5.08. The molecule has 2 aromatic heterocycles. The molecule has 0 saturated carbocycles. The Hall–Kier alpha value is -2.29. The molecule has 0 saturated heterocycles. The zero-order chi connectivity index (χ0) is 12.8. The minimum atomic E-state index is 0.407. The van der Waals surface area contributed by atoms with Crippen LogP contribution >= 0.6 is 0 Å². The number of hydrogen-bond acceptors (Lipinski definition) is 6. The van der Waals surface area contributed by atoms with Gasteiger partial charge < -0.3 is 4.42 Å². The van der Waals surface area contributed by atoms with Gasteiger partial charge in [0.05, 0.1) is 0 Å². The first kappa shape index (κ1) is 12.8. The maximum atomic E-state index is 5.08. The topological polar surface area (TPSA) is 77.6 Å². The molecule has 0 N–H and O–H groups in total. The minimum Gasteiger partial charge on any atom is -0.426 e. The lowest BCUT2D eigenvalue weighted by molar-refractivity contribution is 0.489. The Morgan fingerprint density at radius 2 is 1.35 bits per heavy atom. The first-order valence-electron chi connectivity index (χ1n) is 4.94. The molecule has 6 nitrogen and oxygen atoms in total. The van der Waals surface area contributed by atoms with Gasteiger partial charge in [-0.05, 0) is 19.8 Å². The molecule has 2 heterocycles.